The van der Waals surface area contributed by atoms with E-state index in [1.165, 1.54) is 48.8 Å². The molecule has 2 aliphatic rings. The van der Waals surface area contributed by atoms with Gasteiger partial charge in [-0.15, -0.1) is 0 Å². The van der Waals surface area contributed by atoms with Crippen LogP contribution in [0.25, 0.3) is 0 Å². The fraction of sp³-hybridized carbons (Fsp3) is 0.538. The first-order valence-electron chi connectivity index (χ1n) is 5.70. The number of rotatable bonds is 0. The molecule has 1 aromatic rings. The van der Waals surface area contributed by atoms with Crippen molar-refractivity contribution in [3.8, 4) is 5.75 Å². The van der Waals surface area contributed by atoms with Crippen molar-refractivity contribution in [2.24, 2.45) is 0 Å². The number of phenols is 1. The quantitative estimate of drug-likeness (QED) is 0.663. The standard InChI is InChI=1S/C13H16O/c14-12-8-7-10-4-1-3-9-5-2-6-11(12)13(9)10/h7-9,14H,1-6H2. The van der Waals surface area contributed by atoms with Crippen molar-refractivity contribution in [2.75, 3.05) is 0 Å². The van der Waals surface area contributed by atoms with Gasteiger partial charge in [-0.2, -0.15) is 0 Å². The Balaban J connectivity index is 2.22. The Morgan fingerprint density at radius 1 is 1.07 bits per heavy atom. The average molecular weight is 188 g/mol. The molecule has 0 saturated carbocycles. The number of aromatic hydroxyl groups is 1. The molecule has 74 valence electrons. The van der Waals surface area contributed by atoms with Crippen LogP contribution in [0, 0.1) is 0 Å². The van der Waals surface area contributed by atoms with E-state index >= 15 is 0 Å². The van der Waals surface area contributed by atoms with Gasteiger partial charge in [0.2, 0.25) is 0 Å². The zero-order valence-electron chi connectivity index (χ0n) is 8.42. The Labute approximate surface area is 84.8 Å². The summed E-state index contributed by atoms with van der Waals surface area (Å²) >= 11 is 0. The summed E-state index contributed by atoms with van der Waals surface area (Å²) in [5, 5.41) is 9.82. The molecular formula is C13H16O. The summed E-state index contributed by atoms with van der Waals surface area (Å²) in [6, 6.07) is 4.02. The Hall–Kier alpha value is -0.980. The summed E-state index contributed by atoms with van der Waals surface area (Å²) in [5.41, 5.74) is 4.29. The van der Waals surface area contributed by atoms with Crippen molar-refractivity contribution in [3.63, 3.8) is 0 Å². The van der Waals surface area contributed by atoms with E-state index in [4.69, 9.17) is 0 Å². The fourth-order valence-electron chi connectivity index (χ4n) is 3.19. The van der Waals surface area contributed by atoms with E-state index in [1.54, 1.807) is 0 Å². The van der Waals surface area contributed by atoms with E-state index < -0.39 is 0 Å². The van der Waals surface area contributed by atoms with Crippen LogP contribution in [0.3, 0.4) is 0 Å². The highest BCUT2D eigenvalue weighted by molar-refractivity contribution is 5.48. The van der Waals surface area contributed by atoms with E-state index in [9.17, 15) is 5.11 Å². The fourth-order valence-corrected chi connectivity index (χ4v) is 3.19. The molecule has 0 saturated heterocycles. The van der Waals surface area contributed by atoms with Crippen LogP contribution in [0.1, 0.15) is 48.3 Å². The molecule has 3 rings (SSSR count). The van der Waals surface area contributed by atoms with Crippen LogP contribution in [0.5, 0.6) is 5.75 Å². The maximum Gasteiger partial charge on any atom is 0.119 e. The summed E-state index contributed by atoms with van der Waals surface area (Å²) in [4.78, 5) is 0. The summed E-state index contributed by atoms with van der Waals surface area (Å²) in [6.07, 6.45) is 7.58. The lowest BCUT2D eigenvalue weighted by Crippen LogP contribution is -2.17. The van der Waals surface area contributed by atoms with Gasteiger partial charge >= 0.3 is 0 Å². The Kier molecular flexibility index (Phi) is 1.79. The van der Waals surface area contributed by atoms with Crippen LogP contribution in [0.4, 0.5) is 0 Å². The van der Waals surface area contributed by atoms with Crippen molar-refractivity contribution in [3.05, 3.63) is 28.8 Å². The monoisotopic (exact) mass is 188 g/mol. The number of hydrogen-bond donors (Lipinski definition) is 1. The van der Waals surface area contributed by atoms with Gasteiger partial charge < -0.3 is 5.11 Å². The second-order valence-electron chi connectivity index (χ2n) is 4.62. The first kappa shape index (κ1) is 8.34. The lowest BCUT2D eigenvalue weighted by Gasteiger charge is -2.32. The number of aryl methyl sites for hydroxylation is 1. The highest BCUT2D eigenvalue weighted by Gasteiger charge is 2.27. The molecule has 1 unspecified atom stereocenters. The number of benzene rings is 1. The van der Waals surface area contributed by atoms with Gasteiger partial charge in [-0.3, -0.25) is 0 Å². The molecule has 14 heavy (non-hydrogen) atoms. The predicted octanol–water partition coefficient (Wildman–Crippen LogP) is 3.15. The van der Waals surface area contributed by atoms with E-state index in [0.717, 1.165) is 12.3 Å². The minimum atomic E-state index is 0.537. The van der Waals surface area contributed by atoms with Crippen molar-refractivity contribution >= 4 is 0 Å². The molecule has 0 heterocycles. The zero-order valence-corrected chi connectivity index (χ0v) is 8.42. The topological polar surface area (TPSA) is 20.2 Å². The maximum atomic E-state index is 9.82. The maximum absolute atomic E-state index is 9.82. The lowest BCUT2D eigenvalue weighted by molar-refractivity contribution is 0.435. The minimum Gasteiger partial charge on any atom is -0.508 e. The van der Waals surface area contributed by atoms with E-state index in [-0.39, 0.29) is 0 Å². The van der Waals surface area contributed by atoms with Crippen molar-refractivity contribution in [1.29, 1.82) is 0 Å². The van der Waals surface area contributed by atoms with Gasteiger partial charge in [-0.05, 0) is 67.2 Å². The smallest absolute Gasteiger partial charge is 0.119 e. The van der Waals surface area contributed by atoms with Gasteiger partial charge in [-0.1, -0.05) is 6.07 Å². The van der Waals surface area contributed by atoms with Crippen molar-refractivity contribution in [2.45, 2.75) is 44.4 Å². The minimum absolute atomic E-state index is 0.537. The molecule has 0 aliphatic heterocycles. The first-order valence-corrected chi connectivity index (χ1v) is 5.70. The molecule has 0 radical (unpaired) electrons. The van der Waals surface area contributed by atoms with Crippen LogP contribution in [0.15, 0.2) is 12.1 Å². The highest BCUT2D eigenvalue weighted by atomic mass is 16.3. The van der Waals surface area contributed by atoms with Crippen molar-refractivity contribution in [1.82, 2.24) is 0 Å². The van der Waals surface area contributed by atoms with Gasteiger partial charge in [0.15, 0.2) is 0 Å². The van der Waals surface area contributed by atoms with Crippen LogP contribution >= 0.6 is 0 Å². The van der Waals surface area contributed by atoms with Gasteiger partial charge in [0.1, 0.15) is 5.75 Å². The number of hydrogen-bond acceptors (Lipinski definition) is 1. The Morgan fingerprint density at radius 2 is 1.86 bits per heavy atom. The molecule has 0 fully saturated rings. The normalized spacial score (nSPS) is 24.4. The second-order valence-corrected chi connectivity index (χ2v) is 4.62. The number of phenolic OH excluding ortho intramolecular Hbond substituents is 1. The van der Waals surface area contributed by atoms with Crippen LogP contribution in [-0.4, -0.2) is 5.11 Å². The van der Waals surface area contributed by atoms with E-state index in [0.29, 0.717) is 5.75 Å². The second kappa shape index (κ2) is 3.01. The highest BCUT2D eigenvalue weighted by Crippen LogP contribution is 2.43. The Bertz CT molecular complexity index is 366. The molecule has 2 aliphatic carbocycles. The third-order valence-electron chi connectivity index (χ3n) is 3.81. The molecule has 1 heteroatoms. The van der Waals surface area contributed by atoms with Crippen molar-refractivity contribution < 1.29 is 5.11 Å². The van der Waals surface area contributed by atoms with Gasteiger partial charge in [0.25, 0.3) is 0 Å². The molecule has 0 aromatic heterocycles. The summed E-state index contributed by atoms with van der Waals surface area (Å²) < 4.78 is 0. The average Bonchev–Trinajstić information content (AvgIpc) is 2.24. The molecule has 0 spiro atoms. The van der Waals surface area contributed by atoms with E-state index in [2.05, 4.69) is 6.07 Å². The summed E-state index contributed by atoms with van der Waals surface area (Å²) in [5.74, 6) is 1.30. The SMILES string of the molecule is Oc1ccc2c3c1CCCC3CCC2. The molecule has 1 aromatic carbocycles. The summed E-state index contributed by atoms with van der Waals surface area (Å²) in [7, 11) is 0. The zero-order chi connectivity index (χ0) is 9.54. The molecule has 0 amide bonds. The molecule has 1 N–H and O–H groups in total. The third-order valence-corrected chi connectivity index (χ3v) is 3.81. The van der Waals surface area contributed by atoms with Crippen LogP contribution < -0.4 is 0 Å². The molecule has 1 nitrogen and oxygen atoms in total. The van der Waals surface area contributed by atoms with E-state index in [1.807, 2.05) is 6.07 Å². The Morgan fingerprint density at radius 3 is 2.71 bits per heavy atom. The largest absolute Gasteiger partial charge is 0.508 e. The third kappa shape index (κ3) is 1.08. The van der Waals surface area contributed by atoms with Gasteiger partial charge in [0, 0.05) is 0 Å². The summed E-state index contributed by atoms with van der Waals surface area (Å²) in [6.45, 7) is 0. The van der Waals surface area contributed by atoms with Gasteiger partial charge in [-0.25, -0.2) is 0 Å². The molecular weight excluding hydrogens is 172 g/mol. The lowest BCUT2D eigenvalue weighted by atomic mass is 9.73. The molecule has 0 bridgehead atoms. The van der Waals surface area contributed by atoms with Crippen LogP contribution in [-0.2, 0) is 12.8 Å². The van der Waals surface area contributed by atoms with Crippen LogP contribution in [0.2, 0.25) is 0 Å². The first-order chi connectivity index (χ1) is 6.86. The molecule has 1 atom stereocenters. The predicted molar refractivity (Wildman–Crippen MR) is 56.7 cm³/mol. The van der Waals surface area contributed by atoms with Gasteiger partial charge in [0.05, 0.1) is 0 Å².